The molecule has 0 aromatic heterocycles. The fourth-order valence-corrected chi connectivity index (χ4v) is 1.97. The first-order valence-electron chi connectivity index (χ1n) is 5.06. The van der Waals surface area contributed by atoms with E-state index in [0.29, 0.717) is 5.54 Å². The van der Waals surface area contributed by atoms with Crippen molar-refractivity contribution in [2.75, 3.05) is 13.6 Å². The van der Waals surface area contributed by atoms with Crippen molar-refractivity contribution in [1.29, 1.82) is 0 Å². The van der Waals surface area contributed by atoms with Crippen molar-refractivity contribution in [2.45, 2.75) is 51.1 Å². The van der Waals surface area contributed by atoms with Gasteiger partial charge in [-0.25, -0.2) is 0 Å². The molecule has 1 rings (SSSR count). The zero-order valence-electron chi connectivity index (χ0n) is 8.61. The van der Waals surface area contributed by atoms with E-state index in [1.165, 1.54) is 25.7 Å². The predicted molar refractivity (Wildman–Crippen MR) is 53.4 cm³/mol. The summed E-state index contributed by atoms with van der Waals surface area (Å²) in [6.07, 6.45) is 5.31. The summed E-state index contributed by atoms with van der Waals surface area (Å²) in [5.41, 5.74) is 0.393. The summed E-state index contributed by atoms with van der Waals surface area (Å²) in [7, 11) is 2.02. The molecular formula is C10H22N2. The van der Waals surface area contributed by atoms with Crippen LogP contribution in [0.15, 0.2) is 0 Å². The second-order valence-corrected chi connectivity index (χ2v) is 4.51. The van der Waals surface area contributed by atoms with Crippen molar-refractivity contribution >= 4 is 0 Å². The lowest BCUT2D eigenvalue weighted by atomic mass is 10.0. The summed E-state index contributed by atoms with van der Waals surface area (Å²) in [5.74, 6) is 0. The summed E-state index contributed by atoms with van der Waals surface area (Å²) in [4.78, 5) is 0. The van der Waals surface area contributed by atoms with E-state index < -0.39 is 0 Å². The lowest BCUT2D eigenvalue weighted by Crippen LogP contribution is -2.37. The van der Waals surface area contributed by atoms with E-state index in [0.717, 1.165) is 12.6 Å². The van der Waals surface area contributed by atoms with Crippen molar-refractivity contribution in [3.63, 3.8) is 0 Å². The SMILES string of the molecule is CNCCCC1CCC(C)(C)N1. The van der Waals surface area contributed by atoms with Gasteiger partial charge in [0.05, 0.1) is 0 Å². The van der Waals surface area contributed by atoms with Crippen molar-refractivity contribution in [2.24, 2.45) is 0 Å². The van der Waals surface area contributed by atoms with Crippen LogP contribution in [0.1, 0.15) is 39.5 Å². The van der Waals surface area contributed by atoms with E-state index in [4.69, 9.17) is 0 Å². The van der Waals surface area contributed by atoms with Crippen molar-refractivity contribution in [1.82, 2.24) is 10.6 Å². The highest BCUT2D eigenvalue weighted by molar-refractivity contribution is 4.90. The third-order valence-electron chi connectivity index (χ3n) is 2.69. The van der Waals surface area contributed by atoms with Gasteiger partial charge in [0, 0.05) is 11.6 Å². The van der Waals surface area contributed by atoms with Gasteiger partial charge >= 0.3 is 0 Å². The molecule has 0 spiro atoms. The second-order valence-electron chi connectivity index (χ2n) is 4.51. The zero-order valence-corrected chi connectivity index (χ0v) is 8.61. The normalized spacial score (nSPS) is 27.8. The molecule has 0 saturated carbocycles. The molecule has 1 saturated heterocycles. The maximum atomic E-state index is 3.66. The lowest BCUT2D eigenvalue weighted by Gasteiger charge is -2.20. The molecule has 12 heavy (non-hydrogen) atoms. The molecule has 2 N–H and O–H groups in total. The second kappa shape index (κ2) is 4.24. The van der Waals surface area contributed by atoms with Gasteiger partial charge in [0.25, 0.3) is 0 Å². The van der Waals surface area contributed by atoms with Crippen LogP contribution in [0.2, 0.25) is 0 Å². The molecule has 2 nitrogen and oxygen atoms in total. The van der Waals surface area contributed by atoms with Crippen LogP contribution < -0.4 is 10.6 Å². The Balaban J connectivity index is 2.11. The van der Waals surface area contributed by atoms with E-state index in [-0.39, 0.29) is 0 Å². The average molecular weight is 170 g/mol. The molecule has 2 heteroatoms. The fraction of sp³-hybridized carbons (Fsp3) is 1.00. The topological polar surface area (TPSA) is 24.1 Å². The molecule has 0 aromatic carbocycles. The first kappa shape index (κ1) is 10.0. The predicted octanol–water partition coefficient (Wildman–Crippen LogP) is 1.52. The van der Waals surface area contributed by atoms with Gasteiger partial charge in [-0.3, -0.25) is 0 Å². The molecule has 1 atom stereocenters. The summed E-state index contributed by atoms with van der Waals surface area (Å²) in [6.45, 7) is 5.74. The number of hydrogen-bond acceptors (Lipinski definition) is 2. The Kier molecular flexibility index (Phi) is 3.53. The maximum absolute atomic E-state index is 3.66. The number of nitrogens with one attached hydrogen (secondary N) is 2. The van der Waals surface area contributed by atoms with E-state index in [2.05, 4.69) is 24.5 Å². The van der Waals surface area contributed by atoms with E-state index in [1.807, 2.05) is 7.05 Å². The molecule has 1 fully saturated rings. The molecule has 72 valence electrons. The first-order valence-corrected chi connectivity index (χ1v) is 5.06. The Morgan fingerprint density at radius 2 is 2.25 bits per heavy atom. The Morgan fingerprint density at radius 3 is 2.75 bits per heavy atom. The highest BCUT2D eigenvalue weighted by Crippen LogP contribution is 2.24. The Hall–Kier alpha value is -0.0800. The highest BCUT2D eigenvalue weighted by atomic mass is 15.0. The van der Waals surface area contributed by atoms with Crippen molar-refractivity contribution < 1.29 is 0 Å². The molecule has 0 amide bonds. The van der Waals surface area contributed by atoms with Gasteiger partial charge < -0.3 is 10.6 Å². The molecule has 0 radical (unpaired) electrons. The van der Waals surface area contributed by atoms with Crippen LogP contribution in [0.4, 0.5) is 0 Å². The van der Waals surface area contributed by atoms with Gasteiger partial charge in [-0.1, -0.05) is 0 Å². The monoisotopic (exact) mass is 170 g/mol. The van der Waals surface area contributed by atoms with Crippen LogP contribution in [-0.2, 0) is 0 Å². The molecule has 1 aliphatic heterocycles. The largest absolute Gasteiger partial charge is 0.320 e. The van der Waals surface area contributed by atoms with Crippen LogP contribution in [0, 0.1) is 0 Å². The Labute approximate surface area is 76.1 Å². The zero-order chi connectivity index (χ0) is 9.03. The fourth-order valence-electron chi connectivity index (χ4n) is 1.97. The molecule has 1 unspecified atom stereocenters. The Bertz CT molecular complexity index is 132. The maximum Gasteiger partial charge on any atom is 0.0128 e. The van der Waals surface area contributed by atoms with Crippen molar-refractivity contribution in [3.05, 3.63) is 0 Å². The lowest BCUT2D eigenvalue weighted by molar-refractivity contribution is 0.413. The smallest absolute Gasteiger partial charge is 0.0128 e. The quantitative estimate of drug-likeness (QED) is 0.625. The van der Waals surface area contributed by atoms with Crippen molar-refractivity contribution in [3.8, 4) is 0 Å². The van der Waals surface area contributed by atoms with Gasteiger partial charge in [-0.2, -0.15) is 0 Å². The van der Waals surface area contributed by atoms with Gasteiger partial charge in [0.1, 0.15) is 0 Å². The van der Waals surface area contributed by atoms with Gasteiger partial charge in [-0.15, -0.1) is 0 Å². The molecule has 1 aliphatic rings. The first-order chi connectivity index (χ1) is 5.64. The standard InChI is InChI=1S/C10H22N2/c1-10(2)7-6-9(12-10)5-4-8-11-3/h9,11-12H,4-8H2,1-3H3. The molecule has 0 bridgehead atoms. The molecule has 1 heterocycles. The minimum atomic E-state index is 0.393. The minimum Gasteiger partial charge on any atom is -0.320 e. The summed E-state index contributed by atoms with van der Waals surface area (Å²) in [5, 5.41) is 6.85. The summed E-state index contributed by atoms with van der Waals surface area (Å²) in [6, 6.07) is 0.772. The molecular weight excluding hydrogens is 148 g/mol. The summed E-state index contributed by atoms with van der Waals surface area (Å²) < 4.78 is 0. The van der Waals surface area contributed by atoms with E-state index in [1.54, 1.807) is 0 Å². The van der Waals surface area contributed by atoms with Crippen LogP contribution in [-0.4, -0.2) is 25.2 Å². The van der Waals surface area contributed by atoms with Gasteiger partial charge in [-0.05, 0) is 53.1 Å². The van der Waals surface area contributed by atoms with E-state index in [9.17, 15) is 0 Å². The molecule has 0 aliphatic carbocycles. The van der Waals surface area contributed by atoms with Crippen LogP contribution in [0.3, 0.4) is 0 Å². The highest BCUT2D eigenvalue weighted by Gasteiger charge is 2.28. The third-order valence-corrected chi connectivity index (χ3v) is 2.69. The number of rotatable bonds is 4. The number of hydrogen-bond donors (Lipinski definition) is 2. The average Bonchev–Trinajstić information content (AvgIpc) is 2.31. The van der Waals surface area contributed by atoms with Gasteiger partial charge in [0.2, 0.25) is 0 Å². The van der Waals surface area contributed by atoms with Crippen LogP contribution in [0.5, 0.6) is 0 Å². The summed E-state index contributed by atoms with van der Waals surface area (Å²) >= 11 is 0. The third kappa shape index (κ3) is 3.11. The van der Waals surface area contributed by atoms with E-state index >= 15 is 0 Å². The Morgan fingerprint density at radius 1 is 1.50 bits per heavy atom. The van der Waals surface area contributed by atoms with Crippen LogP contribution in [0.25, 0.3) is 0 Å². The molecule has 0 aromatic rings. The van der Waals surface area contributed by atoms with Crippen LogP contribution >= 0.6 is 0 Å². The van der Waals surface area contributed by atoms with Gasteiger partial charge in [0.15, 0.2) is 0 Å². The minimum absolute atomic E-state index is 0.393.